The maximum Gasteiger partial charge on any atom is 0.285 e. The average molecular weight is 367 g/mol. The number of nitrogens with one attached hydrogen (secondary N) is 1. The third-order valence-corrected chi connectivity index (χ3v) is 4.51. The molecule has 138 valence electrons. The lowest BCUT2D eigenvalue weighted by Gasteiger charge is -2.19. The number of nitrogens with zero attached hydrogens (tertiary/aromatic N) is 2. The first-order valence-corrected chi connectivity index (χ1v) is 8.32. The number of imide groups is 1. The van der Waals surface area contributed by atoms with Gasteiger partial charge in [-0.1, -0.05) is 18.2 Å². The third-order valence-electron chi connectivity index (χ3n) is 4.51. The fourth-order valence-electron chi connectivity index (χ4n) is 3.12. The normalized spacial score (nSPS) is 13.8. The third kappa shape index (κ3) is 3.29. The first-order valence-electron chi connectivity index (χ1n) is 8.32. The van der Waals surface area contributed by atoms with Crippen LogP contribution in [0.5, 0.6) is 0 Å². The van der Waals surface area contributed by atoms with Crippen molar-refractivity contribution >= 4 is 34.8 Å². The Morgan fingerprint density at radius 2 is 1.70 bits per heavy atom. The second kappa shape index (κ2) is 6.99. The second-order valence-corrected chi connectivity index (χ2v) is 6.25. The molecule has 1 saturated heterocycles. The molecular weight excluding hydrogens is 350 g/mol. The van der Waals surface area contributed by atoms with Crippen molar-refractivity contribution in [2.45, 2.75) is 26.7 Å². The molecule has 0 radical (unpaired) electrons. The smallest absolute Gasteiger partial charge is 0.285 e. The number of hydrogen-bond acceptors (Lipinski definition) is 5. The minimum Gasteiger partial charge on any atom is -0.321 e. The molecule has 1 N–H and O–H groups in total. The Morgan fingerprint density at radius 3 is 2.33 bits per heavy atom. The fraction of sp³-hybridized carbons (Fsp3) is 0.211. The molecule has 0 aromatic heterocycles. The van der Waals surface area contributed by atoms with Crippen molar-refractivity contribution < 1.29 is 19.3 Å². The Bertz CT molecular complexity index is 967. The highest BCUT2D eigenvalue weighted by Crippen LogP contribution is 2.31. The Labute approximate surface area is 154 Å². The lowest BCUT2D eigenvalue weighted by atomic mass is 10.1. The number of para-hydroxylation sites is 1. The van der Waals surface area contributed by atoms with Gasteiger partial charge in [0.05, 0.1) is 10.6 Å². The number of amides is 3. The highest BCUT2D eigenvalue weighted by atomic mass is 16.6. The van der Waals surface area contributed by atoms with E-state index in [1.54, 1.807) is 44.2 Å². The quantitative estimate of drug-likeness (QED) is 0.507. The molecule has 0 spiro atoms. The number of hydrogen-bond donors (Lipinski definition) is 1. The van der Waals surface area contributed by atoms with Gasteiger partial charge in [-0.2, -0.15) is 0 Å². The van der Waals surface area contributed by atoms with Gasteiger partial charge in [0, 0.05) is 24.1 Å². The molecular formula is C19H17N3O5. The van der Waals surface area contributed by atoms with E-state index in [-0.39, 0.29) is 35.9 Å². The number of nitro groups is 1. The molecule has 8 heteroatoms. The zero-order chi connectivity index (χ0) is 19.7. The fourth-order valence-corrected chi connectivity index (χ4v) is 3.12. The zero-order valence-corrected chi connectivity index (χ0v) is 14.8. The molecule has 1 heterocycles. The lowest BCUT2D eigenvalue weighted by molar-refractivity contribution is -0.385. The van der Waals surface area contributed by atoms with Crippen LogP contribution in [0, 0.1) is 24.0 Å². The van der Waals surface area contributed by atoms with Crippen molar-refractivity contribution in [1.82, 2.24) is 0 Å². The van der Waals surface area contributed by atoms with Crippen LogP contribution in [-0.4, -0.2) is 22.6 Å². The summed E-state index contributed by atoms with van der Waals surface area (Å²) in [6, 6.07) is 9.37. The van der Waals surface area contributed by atoms with Crippen LogP contribution in [0.4, 0.5) is 17.1 Å². The molecule has 0 atom stereocenters. The summed E-state index contributed by atoms with van der Waals surface area (Å²) in [5.41, 5.74) is 1.38. The maximum absolute atomic E-state index is 12.6. The van der Waals surface area contributed by atoms with Crippen LogP contribution in [0.3, 0.4) is 0 Å². The summed E-state index contributed by atoms with van der Waals surface area (Å²) in [6.45, 7) is 3.24. The van der Waals surface area contributed by atoms with Gasteiger partial charge in [0.15, 0.2) is 0 Å². The van der Waals surface area contributed by atoms with Crippen molar-refractivity contribution in [1.29, 1.82) is 0 Å². The molecule has 27 heavy (non-hydrogen) atoms. The highest BCUT2D eigenvalue weighted by molar-refractivity contribution is 6.20. The van der Waals surface area contributed by atoms with Crippen molar-refractivity contribution in [3.8, 4) is 0 Å². The largest absolute Gasteiger partial charge is 0.321 e. The van der Waals surface area contributed by atoms with E-state index in [0.717, 1.165) is 4.90 Å². The van der Waals surface area contributed by atoms with Crippen molar-refractivity contribution in [2.24, 2.45) is 0 Å². The summed E-state index contributed by atoms with van der Waals surface area (Å²) in [4.78, 5) is 48.5. The van der Waals surface area contributed by atoms with Crippen LogP contribution in [-0.2, 0) is 9.59 Å². The van der Waals surface area contributed by atoms with Gasteiger partial charge in [0.25, 0.3) is 11.6 Å². The lowest BCUT2D eigenvalue weighted by Crippen LogP contribution is -2.29. The first-order chi connectivity index (χ1) is 12.8. The predicted molar refractivity (Wildman–Crippen MR) is 98.7 cm³/mol. The Balaban J connectivity index is 1.96. The Kier molecular flexibility index (Phi) is 4.72. The van der Waals surface area contributed by atoms with Gasteiger partial charge in [-0.05, 0) is 37.6 Å². The molecule has 0 saturated carbocycles. The van der Waals surface area contributed by atoms with E-state index in [9.17, 15) is 24.5 Å². The van der Waals surface area contributed by atoms with Crippen LogP contribution in [0.1, 0.15) is 34.3 Å². The molecule has 2 aromatic carbocycles. The Hall–Kier alpha value is -3.55. The molecule has 0 bridgehead atoms. The summed E-state index contributed by atoms with van der Waals surface area (Å²) in [6.07, 6.45) is 0.314. The van der Waals surface area contributed by atoms with Gasteiger partial charge < -0.3 is 5.32 Å². The van der Waals surface area contributed by atoms with E-state index in [4.69, 9.17) is 0 Å². The monoisotopic (exact) mass is 367 g/mol. The molecule has 0 aliphatic carbocycles. The number of rotatable bonds is 4. The number of aryl methyl sites for hydroxylation is 1. The summed E-state index contributed by atoms with van der Waals surface area (Å²) < 4.78 is 0. The Morgan fingerprint density at radius 1 is 1.07 bits per heavy atom. The minimum atomic E-state index is -0.635. The van der Waals surface area contributed by atoms with E-state index in [2.05, 4.69) is 5.32 Å². The standard InChI is InChI=1S/C19H17N3O5/c1-11-5-3-6-13(18(11)22(26)27)19(25)20-14-7-4-8-15(12(14)2)21-16(23)9-10-17(21)24/h3-8H,9-10H2,1-2H3,(H,20,25). The SMILES string of the molecule is Cc1cccc(C(=O)Nc2cccc(N3C(=O)CCC3=O)c2C)c1[N+](=O)[O-]. The average Bonchev–Trinajstić information content (AvgIpc) is 2.95. The molecule has 1 fully saturated rings. The van der Waals surface area contributed by atoms with E-state index in [0.29, 0.717) is 22.5 Å². The summed E-state index contributed by atoms with van der Waals surface area (Å²) in [5, 5.41) is 14.0. The summed E-state index contributed by atoms with van der Waals surface area (Å²) in [5.74, 6) is -1.22. The molecule has 3 rings (SSSR count). The molecule has 8 nitrogen and oxygen atoms in total. The van der Waals surface area contributed by atoms with Crippen LogP contribution >= 0.6 is 0 Å². The second-order valence-electron chi connectivity index (χ2n) is 6.25. The number of benzene rings is 2. The topological polar surface area (TPSA) is 110 Å². The molecule has 3 amide bonds. The zero-order valence-electron chi connectivity index (χ0n) is 14.8. The van der Waals surface area contributed by atoms with Crippen LogP contribution < -0.4 is 10.2 Å². The van der Waals surface area contributed by atoms with Crippen LogP contribution in [0.15, 0.2) is 36.4 Å². The van der Waals surface area contributed by atoms with Crippen molar-refractivity contribution in [3.63, 3.8) is 0 Å². The van der Waals surface area contributed by atoms with Gasteiger partial charge in [-0.25, -0.2) is 0 Å². The minimum absolute atomic E-state index is 0.0573. The van der Waals surface area contributed by atoms with Crippen LogP contribution in [0.25, 0.3) is 0 Å². The van der Waals surface area contributed by atoms with Gasteiger partial charge >= 0.3 is 0 Å². The van der Waals surface area contributed by atoms with Crippen molar-refractivity contribution in [2.75, 3.05) is 10.2 Å². The van der Waals surface area contributed by atoms with Crippen molar-refractivity contribution in [3.05, 3.63) is 63.2 Å². The summed E-state index contributed by atoms with van der Waals surface area (Å²) >= 11 is 0. The van der Waals surface area contributed by atoms with Gasteiger partial charge in [0.2, 0.25) is 11.8 Å². The first kappa shape index (κ1) is 18.2. The van der Waals surface area contributed by atoms with Gasteiger partial charge in [-0.15, -0.1) is 0 Å². The molecule has 0 unspecified atom stereocenters. The molecule has 2 aromatic rings. The van der Waals surface area contributed by atoms with Gasteiger partial charge in [-0.3, -0.25) is 29.4 Å². The summed E-state index contributed by atoms with van der Waals surface area (Å²) in [7, 11) is 0. The van der Waals surface area contributed by atoms with Crippen LogP contribution in [0.2, 0.25) is 0 Å². The van der Waals surface area contributed by atoms with E-state index in [1.165, 1.54) is 6.07 Å². The number of nitro benzene ring substituents is 1. The van der Waals surface area contributed by atoms with E-state index >= 15 is 0 Å². The maximum atomic E-state index is 12.6. The number of anilines is 2. The van der Waals surface area contributed by atoms with Gasteiger partial charge in [0.1, 0.15) is 5.56 Å². The highest BCUT2D eigenvalue weighted by Gasteiger charge is 2.32. The number of carbonyl (C=O) groups excluding carboxylic acids is 3. The van der Waals surface area contributed by atoms with E-state index < -0.39 is 10.8 Å². The van der Waals surface area contributed by atoms with E-state index in [1.807, 2.05) is 0 Å². The predicted octanol–water partition coefficient (Wildman–Crippen LogP) is 3.12. The number of carbonyl (C=O) groups is 3. The molecule has 1 aliphatic heterocycles. The molecule has 1 aliphatic rings.